The fraction of sp³-hybridized carbons (Fsp3) is 0.389. The minimum atomic E-state index is 0.496. The highest BCUT2D eigenvalue weighted by molar-refractivity contribution is 6.30. The van der Waals surface area contributed by atoms with Gasteiger partial charge in [0.1, 0.15) is 12.4 Å². The molecule has 0 aliphatic heterocycles. The largest absolute Gasteiger partial charge is 0.489 e. The van der Waals surface area contributed by atoms with Crippen molar-refractivity contribution in [3.63, 3.8) is 0 Å². The smallest absolute Gasteiger partial charge is 0.124 e. The van der Waals surface area contributed by atoms with Crippen LogP contribution in [0.25, 0.3) is 0 Å². The molecule has 0 saturated carbocycles. The van der Waals surface area contributed by atoms with E-state index in [1.54, 1.807) is 13.3 Å². The van der Waals surface area contributed by atoms with Crippen LogP contribution in [0.3, 0.4) is 0 Å². The van der Waals surface area contributed by atoms with Crippen LogP contribution in [0.1, 0.15) is 24.0 Å². The SMILES string of the molecule is COCCCCNCc1cc(Cl)ccc1OCc1cccnc1. The van der Waals surface area contributed by atoms with Gasteiger partial charge in [0.05, 0.1) is 0 Å². The van der Waals surface area contributed by atoms with E-state index in [4.69, 9.17) is 21.1 Å². The summed E-state index contributed by atoms with van der Waals surface area (Å²) >= 11 is 6.11. The number of methoxy groups -OCH3 is 1. The molecule has 2 aromatic rings. The highest BCUT2D eigenvalue weighted by atomic mass is 35.5. The van der Waals surface area contributed by atoms with Gasteiger partial charge in [0.2, 0.25) is 0 Å². The molecule has 0 amide bonds. The summed E-state index contributed by atoms with van der Waals surface area (Å²) in [5.74, 6) is 0.850. The van der Waals surface area contributed by atoms with Gasteiger partial charge in [0.15, 0.2) is 0 Å². The van der Waals surface area contributed by atoms with Crippen molar-refractivity contribution in [2.24, 2.45) is 0 Å². The van der Waals surface area contributed by atoms with E-state index in [9.17, 15) is 0 Å². The van der Waals surface area contributed by atoms with Gasteiger partial charge in [0.25, 0.3) is 0 Å². The topological polar surface area (TPSA) is 43.4 Å². The molecule has 124 valence electrons. The third-order valence-corrected chi connectivity index (χ3v) is 3.64. The Morgan fingerprint density at radius 1 is 1.22 bits per heavy atom. The normalized spacial score (nSPS) is 10.7. The van der Waals surface area contributed by atoms with Gasteiger partial charge in [-0.25, -0.2) is 0 Å². The van der Waals surface area contributed by atoms with Gasteiger partial charge in [-0.2, -0.15) is 0 Å². The number of pyridine rings is 1. The molecule has 0 aliphatic carbocycles. The number of halogens is 1. The zero-order valence-corrected chi connectivity index (χ0v) is 14.2. The first-order valence-electron chi connectivity index (χ1n) is 7.79. The maximum Gasteiger partial charge on any atom is 0.124 e. The molecule has 0 fully saturated rings. The zero-order chi connectivity index (χ0) is 16.3. The van der Waals surface area contributed by atoms with Crippen LogP contribution in [0.5, 0.6) is 5.75 Å². The highest BCUT2D eigenvalue weighted by Gasteiger charge is 2.05. The average molecular weight is 335 g/mol. The second-order valence-electron chi connectivity index (χ2n) is 5.28. The molecule has 1 aromatic carbocycles. The molecule has 1 aromatic heterocycles. The van der Waals surface area contributed by atoms with Crippen molar-refractivity contribution in [2.75, 3.05) is 20.3 Å². The predicted octanol–water partition coefficient (Wildman–Crippen LogP) is 3.83. The summed E-state index contributed by atoms with van der Waals surface area (Å²) in [5.41, 5.74) is 2.11. The van der Waals surface area contributed by atoms with Gasteiger partial charge in [-0.1, -0.05) is 17.7 Å². The molecule has 2 rings (SSSR count). The number of ether oxygens (including phenoxy) is 2. The van der Waals surface area contributed by atoms with Gasteiger partial charge < -0.3 is 14.8 Å². The van der Waals surface area contributed by atoms with Crippen molar-refractivity contribution < 1.29 is 9.47 Å². The molecule has 0 aliphatic rings. The first-order chi connectivity index (χ1) is 11.3. The second kappa shape index (κ2) is 10.2. The van der Waals surface area contributed by atoms with Crippen molar-refractivity contribution in [3.05, 3.63) is 58.9 Å². The lowest BCUT2D eigenvalue weighted by Crippen LogP contribution is -2.16. The van der Waals surface area contributed by atoms with E-state index >= 15 is 0 Å². The molecular formula is C18H23ClN2O2. The Kier molecular flexibility index (Phi) is 7.87. The number of aromatic nitrogens is 1. The quantitative estimate of drug-likeness (QED) is 0.671. The Morgan fingerprint density at radius 2 is 2.13 bits per heavy atom. The lowest BCUT2D eigenvalue weighted by Gasteiger charge is -2.13. The van der Waals surface area contributed by atoms with Crippen LogP contribution in [0.4, 0.5) is 0 Å². The van der Waals surface area contributed by atoms with Crippen LogP contribution < -0.4 is 10.1 Å². The molecule has 0 atom stereocenters. The molecule has 4 nitrogen and oxygen atoms in total. The molecule has 0 radical (unpaired) electrons. The fourth-order valence-electron chi connectivity index (χ4n) is 2.19. The number of hydrogen-bond donors (Lipinski definition) is 1. The van der Waals surface area contributed by atoms with E-state index in [0.29, 0.717) is 6.61 Å². The molecule has 1 N–H and O–H groups in total. The summed E-state index contributed by atoms with van der Waals surface area (Å²) in [6, 6.07) is 9.62. The first kappa shape index (κ1) is 17.7. The number of nitrogens with zero attached hydrogens (tertiary/aromatic N) is 1. The van der Waals surface area contributed by atoms with Gasteiger partial charge in [-0.05, 0) is 43.7 Å². The minimum Gasteiger partial charge on any atom is -0.489 e. The number of benzene rings is 1. The summed E-state index contributed by atoms with van der Waals surface area (Å²) in [7, 11) is 1.73. The van der Waals surface area contributed by atoms with Crippen LogP contribution in [0, 0.1) is 0 Å². The highest BCUT2D eigenvalue weighted by Crippen LogP contribution is 2.23. The monoisotopic (exact) mass is 334 g/mol. The van der Waals surface area contributed by atoms with E-state index in [0.717, 1.165) is 54.4 Å². The number of rotatable bonds is 10. The molecule has 0 saturated heterocycles. The number of unbranched alkanes of at least 4 members (excludes halogenated alkanes) is 1. The van der Waals surface area contributed by atoms with Crippen molar-refractivity contribution in [2.45, 2.75) is 26.0 Å². The van der Waals surface area contributed by atoms with E-state index in [-0.39, 0.29) is 0 Å². The zero-order valence-electron chi connectivity index (χ0n) is 13.4. The molecule has 0 spiro atoms. The Bertz CT molecular complexity index is 578. The van der Waals surface area contributed by atoms with E-state index < -0.39 is 0 Å². The van der Waals surface area contributed by atoms with Crippen molar-refractivity contribution in [1.82, 2.24) is 10.3 Å². The van der Waals surface area contributed by atoms with Gasteiger partial charge in [-0.15, -0.1) is 0 Å². The van der Waals surface area contributed by atoms with Crippen molar-refractivity contribution in [1.29, 1.82) is 0 Å². The van der Waals surface area contributed by atoms with Crippen LogP contribution in [-0.4, -0.2) is 25.2 Å². The lowest BCUT2D eigenvalue weighted by atomic mass is 10.2. The second-order valence-corrected chi connectivity index (χ2v) is 5.72. The maximum atomic E-state index is 6.11. The Balaban J connectivity index is 1.86. The summed E-state index contributed by atoms with van der Waals surface area (Å²) in [6.07, 6.45) is 5.71. The molecule has 5 heteroatoms. The Hall–Kier alpha value is -1.62. The molecule has 23 heavy (non-hydrogen) atoms. The van der Waals surface area contributed by atoms with Crippen LogP contribution in [0.15, 0.2) is 42.7 Å². The third-order valence-electron chi connectivity index (χ3n) is 3.41. The van der Waals surface area contributed by atoms with Gasteiger partial charge in [-0.3, -0.25) is 4.98 Å². The van der Waals surface area contributed by atoms with Crippen molar-refractivity contribution >= 4 is 11.6 Å². The van der Waals surface area contributed by atoms with E-state index in [1.165, 1.54) is 0 Å². The van der Waals surface area contributed by atoms with Crippen LogP contribution in [-0.2, 0) is 17.9 Å². The summed E-state index contributed by atoms with van der Waals surface area (Å²) in [5, 5.41) is 4.14. The maximum absolute atomic E-state index is 6.11. The van der Waals surface area contributed by atoms with Gasteiger partial charge in [0, 0.05) is 48.8 Å². The summed E-state index contributed by atoms with van der Waals surface area (Å²) in [6.45, 7) is 2.97. The molecular weight excluding hydrogens is 312 g/mol. The van der Waals surface area contributed by atoms with E-state index in [1.807, 2.05) is 36.5 Å². The summed E-state index contributed by atoms with van der Waals surface area (Å²) in [4.78, 5) is 4.09. The first-order valence-corrected chi connectivity index (χ1v) is 8.17. The Labute approximate surface area is 142 Å². The Morgan fingerprint density at radius 3 is 2.91 bits per heavy atom. The average Bonchev–Trinajstić information content (AvgIpc) is 2.58. The lowest BCUT2D eigenvalue weighted by molar-refractivity contribution is 0.192. The van der Waals surface area contributed by atoms with Crippen LogP contribution in [0.2, 0.25) is 5.02 Å². The van der Waals surface area contributed by atoms with Crippen LogP contribution >= 0.6 is 11.6 Å². The van der Waals surface area contributed by atoms with E-state index in [2.05, 4.69) is 10.3 Å². The fourth-order valence-corrected chi connectivity index (χ4v) is 2.39. The van der Waals surface area contributed by atoms with Crippen molar-refractivity contribution in [3.8, 4) is 5.75 Å². The predicted molar refractivity (Wildman–Crippen MR) is 92.8 cm³/mol. The number of nitrogens with one attached hydrogen (secondary N) is 1. The molecule has 0 unspecified atom stereocenters. The number of hydrogen-bond acceptors (Lipinski definition) is 4. The minimum absolute atomic E-state index is 0.496. The third kappa shape index (κ3) is 6.57. The summed E-state index contributed by atoms with van der Waals surface area (Å²) < 4.78 is 11.0. The standard InChI is InChI=1S/C18H23ClN2O2/c1-22-10-3-2-8-21-13-16-11-17(19)6-7-18(16)23-14-15-5-4-9-20-12-15/h4-7,9,11-12,21H,2-3,8,10,13-14H2,1H3. The van der Waals surface area contributed by atoms with Gasteiger partial charge >= 0.3 is 0 Å². The molecule has 0 bridgehead atoms. The molecule has 1 heterocycles.